The third-order valence-electron chi connectivity index (χ3n) is 2.85. The van der Waals surface area contributed by atoms with E-state index < -0.39 is 23.6 Å². The number of anilines is 1. The van der Waals surface area contributed by atoms with Gasteiger partial charge in [0.2, 0.25) is 0 Å². The van der Waals surface area contributed by atoms with Crippen LogP contribution in [0.3, 0.4) is 0 Å². The number of carbonyl (C=O) groups excluding carboxylic acids is 1. The molecule has 0 aromatic heterocycles. The summed E-state index contributed by atoms with van der Waals surface area (Å²) >= 11 is 0. The Balaban J connectivity index is 1.99. The van der Waals surface area contributed by atoms with E-state index in [-0.39, 0.29) is 5.69 Å². The van der Waals surface area contributed by atoms with E-state index in [1.54, 1.807) is 24.3 Å². The number of hydrogen-bond acceptors (Lipinski definition) is 3. The predicted octanol–water partition coefficient (Wildman–Crippen LogP) is 3.24. The quantitative estimate of drug-likeness (QED) is 0.943. The maximum atomic E-state index is 13.1. The van der Waals surface area contributed by atoms with Gasteiger partial charge in [-0.25, -0.2) is 8.78 Å². The Kier molecular flexibility index (Phi) is 4.69. The van der Waals surface area contributed by atoms with Gasteiger partial charge in [0.25, 0.3) is 5.91 Å². The van der Waals surface area contributed by atoms with Crippen molar-refractivity contribution in [2.45, 2.75) is 13.0 Å². The first-order valence-electron chi connectivity index (χ1n) is 6.42. The van der Waals surface area contributed by atoms with Gasteiger partial charge >= 0.3 is 0 Å². The zero-order valence-electron chi connectivity index (χ0n) is 11.6. The normalized spacial score (nSPS) is 11.4. The number of amides is 1. The molecular weight excluding hydrogens is 290 g/mol. The van der Waals surface area contributed by atoms with Gasteiger partial charge in [-0.2, -0.15) is 5.26 Å². The molecule has 2 aromatic carbocycles. The third-order valence-corrected chi connectivity index (χ3v) is 2.85. The Bertz CT molecular complexity index is 724. The topological polar surface area (TPSA) is 62.1 Å². The molecule has 0 spiro atoms. The molecule has 0 radical (unpaired) electrons. The molecule has 2 rings (SSSR count). The Morgan fingerprint density at radius 1 is 1.18 bits per heavy atom. The number of carbonyl (C=O) groups is 1. The van der Waals surface area contributed by atoms with Crippen LogP contribution in [0.1, 0.15) is 12.5 Å². The van der Waals surface area contributed by atoms with Crippen molar-refractivity contribution in [3.63, 3.8) is 0 Å². The first-order chi connectivity index (χ1) is 10.5. The van der Waals surface area contributed by atoms with Gasteiger partial charge < -0.3 is 10.1 Å². The Hall–Kier alpha value is -2.94. The Morgan fingerprint density at radius 3 is 2.45 bits per heavy atom. The number of nitrogens with one attached hydrogen (secondary N) is 1. The van der Waals surface area contributed by atoms with Gasteiger partial charge in [-0.15, -0.1) is 0 Å². The van der Waals surface area contributed by atoms with E-state index in [1.807, 2.05) is 6.07 Å². The van der Waals surface area contributed by atoms with E-state index in [0.29, 0.717) is 11.3 Å². The predicted molar refractivity (Wildman–Crippen MR) is 76.2 cm³/mol. The maximum absolute atomic E-state index is 13.1. The van der Waals surface area contributed by atoms with Crippen LogP contribution in [0.15, 0.2) is 42.5 Å². The van der Waals surface area contributed by atoms with E-state index in [4.69, 9.17) is 10.00 Å². The summed E-state index contributed by atoms with van der Waals surface area (Å²) in [7, 11) is 0. The van der Waals surface area contributed by atoms with Gasteiger partial charge in [0, 0.05) is 11.8 Å². The van der Waals surface area contributed by atoms with Gasteiger partial charge in [0.1, 0.15) is 5.75 Å². The second-order valence-corrected chi connectivity index (χ2v) is 4.51. The molecule has 0 aliphatic carbocycles. The van der Waals surface area contributed by atoms with Crippen LogP contribution in [0.5, 0.6) is 5.75 Å². The minimum absolute atomic E-state index is 0.138. The van der Waals surface area contributed by atoms with Crippen LogP contribution in [-0.4, -0.2) is 12.0 Å². The fraction of sp³-hybridized carbons (Fsp3) is 0.125. The van der Waals surface area contributed by atoms with Crippen LogP contribution < -0.4 is 10.1 Å². The smallest absolute Gasteiger partial charge is 0.265 e. The summed E-state index contributed by atoms with van der Waals surface area (Å²) in [5.74, 6) is -2.11. The molecule has 0 bridgehead atoms. The summed E-state index contributed by atoms with van der Waals surface area (Å²) in [4.78, 5) is 11.9. The molecule has 0 saturated heterocycles. The van der Waals surface area contributed by atoms with Crippen molar-refractivity contribution in [2.24, 2.45) is 0 Å². The van der Waals surface area contributed by atoms with Crippen molar-refractivity contribution in [3.05, 3.63) is 59.7 Å². The molecular formula is C16H12F2N2O2. The molecule has 0 saturated carbocycles. The molecule has 0 heterocycles. The number of benzene rings is 2. The van der Waals surface area contributed by atoms with Crippen molar-refractivity contribution < 1.29 is 18.3 Å². The van der Waals surface area contributed by atoms with Gasteiger partial charge in [-0.1, -0.05) is 0 Å². The lowest BCUT2D eigenvalue weighted by Crippen LogP contribution is -2.30. The average molecular weight is 302 g/mol. The highest BCUT2D eigenvalue weighted by Crippen LogP contribution is 2.16. The molecule has 1 atom stereocenters. The second kappa shape index (κ2) is 6.68. The molecule has 22 heavy (non-hydrogen) atoms. The number of ether oxygens (including phenoxy) is 1. The second-order valence-electron chi connectivity index (χ2n) is 4.51. The van der Waals surface area contributed by atoms with Crippen LogP contribution in [0, 0.1) is 23.0 Å². The molecule has 4 nitrogen and oxygen atoms in total. The molecule has 2 aromatic rings. The monoisotopic (exact) mass is 302 g/mol. The minimum atomic E-state index is -1.04. The Labute approximate surface area is 125 Å². The number of nitriles is 1. The molecule has 0 aliphatic heterocycles. The van der Waals surface area contributed by atoms with Crippen molar-refractivity contribution in [2.75, 3.05) is 5.32 Å². The van der Waals surface area contributed by atoms with E-state index >= 15 is 0 Å². The van der Waals surface area contributed by atoms with Crippen LogP contribution in [-0.2, 0) is 4.79 Å². The number of halogens is 2. The van der Waals surface area contributed by atoms with E-state index in [1.165, 1.54) is 13.0 Å². The summed E-state index contributed by atoms with van der Waals surface area (Å²) < 4.78 is 31.3. The summed E-state index contributed by atoms with van der Waals surface area (Å²) in [5, 5.41) is 11.1. The van der Waals surface area contributed by atoms with Gasteiger partial charge in [0.05, 0.1) is 11.6 Å². The van der Waals surface area contributed by atoms with Crippen molar-refractivity contribution in [1.29, 1.82) is 5.26 Å². The largest absolute Gasteiger partial charge is 0.481 e. The molecule has 0 aliphatic rings. The lowest BCUT2D eigenvalue weighted by atomic mass is 10.2. The van der Waals surface area contributed by atoms with Crippen LogP contribution >= 0.6 is 0 Å². The zero-order valence-corrected chi connectivity index (χ0v) is 11.6. The first-order valence-corrected chi connectivity index (χ1v) is 6.42. The number of nitrogens with zero attached hydrogens (tertiary/aromatic N) is 1. The van der Waals surface area contributed by atoms with Gasteiger partial charge in [-0.3, -0.25) is 4.79 Å². The van der Waals surface area contributed by atoms with E-state index in [9.17, 15) is 13.6 Å². The zero-order chi connectivity index (χ0) is 16.1. The molecule has 6 heteroatoms. The third kappa shape index (κ3) is 3.79. The average Bonchev–Trinajstić information content (AvgIpc) is 2.51. The highest BCUT2D eigenvalue weighted by atomic mass is 19.2. The maximum Gasteiger partial charge on any atom is 0.265 e. The lowest BCUT2D eigenvalue weighted by Gasteiger charge is -2.14. The highest BCUT2D eigenvalue weighted by molar-refractivity contribution is 5.94. The van der Waals surface area contributed by atoms with Gasteiger partial charge in [0.15, 0.2) is 17.7 Å². The van der Waals surface area contributed by atoms with Crippen LogP contribution in [0.2, 0.25) is 0 Å². The molecule has 1 amide bonds. The number of hydrogen-bond donors (Lipinski definition) is 1. The summed E-state index contributed by atoms with van der Waals surface area (Å²) in [6, 6.07) is 11.3. The van der Waals surface area contributed by atoms with Crippen LogP contribution in [0.4, 0.5) is 14.5 Å². The standard InChI is InChI=1S/C16H12F2N2O2/c1-10(22-13-5-2-11(9-19)3-6-13)16(21)20-12-4-7-14(17)15(18)8-12/h2-8,10H,1H3,(H,20,21)/t10-/m1/s1. The van der Waals surface area contributed by atoms with Crippen molar-refractivity contribution in [3.8, 4) is 11.8 Å². The number of rotatable bonds is 4. The summed E-state index contributed by atoms with van der Waals surface area (Å²) in [6.07, 6.45) is -0.846. The lowest BCUT2D eigenvalue weighted by molar-refractivity contribution is -0.122. The molecule has 1 N–H and O–H groups in total. The van der Waals surface area contributed by atoms with Crippen molar-refractivity contribution in [1.82, 2.24) is 0 Å². The molecule has 0 fully saturated rings. The Morgan fingerprint density at radius 2 is 1.86 bits per heavy atom. The van der Waals surface area contributed by atoms with E-state index in [2.05, 4.69) is 5.32 Å². The SMILES string of the molecule is C[C@@H](Oc1ccc(C#N)cc1)C(=O)Nc1ccc(F)c(F)c1. The fourth-order valence-corrected chi connectivity index (χ4v) is 1.68. The summed E-state index contributed by atoms with van der Waals surface area (Å²) in [5.41, 5.74) is 0.616. The fourth-order valence-electron chi connectivity index (χ4n) is 1.68. The van der Waals surface area contributed by atoms with Crippen molar-refractivity contribution >= 4 is 11.6 Å². The summed E-state index contributed by atoms with van der Waals surface area (Å²) in [6.45, 7) is 1.52. The first kappa shape index (κ1) is 15.4. The minimum Gasteiger partial charge on any atom is -0.481 e. The van der Waals surface area contributed by atoms with Gasteiger partial charge in [-0.05, 0) is 43.3 Å². The van der Waals surface area contributed by atoms with E-state index in [0.717, 1.165) is 12.1 Å². The highest BCUT2D eigenvalue weighted by Gasteiger charge is 2.15. The molecule has 0 unspecified atom stereocenters. The van der Waals surface area contributed by atoms with Crippen LogP contribution in [0.25, 0.3) is 0 Å². The molecule has 112 valence electrons.